The third kappa shape index (κ3) is 4.78. The Kier molecular flexibility index (Phi) is 5.96. The molecule has 3 rings (SSSR count). The maximum atomic E-state index is 14.0. The number of nitrogens with zero attached hydrogens (tertiary/aromatic N) is 4. The zero-order chi connectivity index (χ0) is 19.2. The van der Waals surface area contributed by atoms with Crippen LogP contribution in [-0.4, -0.2) is 25.3 Å². The molecule has 0 saturated carbocycles. The van der Waals surface area contributed by atoms with Crippen LogP contribution in [0.3, 0.4) is 0 Å². The van der Waals surface area contributed by atoms with E-state index in [9.17, 15) is 9.18 Å². The van der Waals surface area contributed by atoms with Crippen molar-refractivity contribution in [3.05, 3.63) is 84.0 Å². The summed E-state index contributed by atoms with van der Waals surface area (Å²) < 4.78 is 15.9. The van der Waals surface area contributed by atoms with Crippen molar-refractivity contribution in [2.75, 3.05) is 0 Å². The number of carbonyl (C=O) groups excluding carboxylic acids is 1. The lowest BCUT2D eigenvalue weighted by atomic mass is 10.1. The average molecular weight is 366 g/mol. The van der Waals surface area contributed by atoms with E-state index >= 15 is 0 Å². The third-order valence-corrected chi connectivity index (χ3v) is 4.36. The van der Waals surface area contributed by atoms with Gasteiger partial charge >= 0.3 is 0 Å². The predicted molar refractivity (Wildman–Crippen MR) is 101 cm³/mol. The number of carbonyl (C=O) groups is 1. The van der Waals surface area contributed by atoms with E-state index in [1.807, 2.05) is 42.8 Å². The van der Waals surface area contributed by atoms with E-state index in [4.69, 9.17) is 0 Å². The minimum atomic E-state index is -0.246. The Morgan fingerprint density at radius 2 is 1.85 bits per heavy atom. The van der Waals surface area contributed by atoms with E-state index in [-0.39, 0.29) is 17.6 Å². The van der Waals surface area contributed by atoms with Gasteiger partial charge in [-0.3, -0.25) is 9.78 Å². The zero-order valence-electron chi connectivity index (χ0n) is 15.5. The smallest absolute Gasteiger partial charge is 0.225 e. The molecule has 3 aromatic rings. The van der Waals surface area contributed by atoms with Gasteiger partial charge in [0.2, 0.25) is 5.91 Å². The molecule has 0 unspecified atom stereocenters. The van der Waals surface area contributed by atoms with Crippen LogP contribution in [0.25, 0.3) is 0 Å². The lowest BCUT2D eigenvalue weighted by molar-refractivity contribution is -0.135. The van der Waals surface area contributed by atoms with E-state index < -0.39 is 0 Å². The van der Waals surface area contributed by atoms with Crippen molar-refractivity contribution in [2.24, 2.45) is 5.92 Å². The van der Waals surface area contributed by atoms with E-state index in [1.165, 1.54) is 6.07 Å². The Labute approximate surface area is 158 Å². The molecule has 0 radical (unpaired) electrons. The summed E-state index contributed by atoms with van der Waals surface area (Å²) in [6, 6.07) is 10.5. The van der Waals surface area contributed by atoms with Gasteiger partial charge in [-0.1, -0.05) is 32.0 Å². The van der Waals surface area contributed by atoms with Crippen molar-refractivity contribution in [1.82, 2.24) is 19.4 Å². The van der Waals surface area contributed by atoms with Gasteiger partial charge in [0.05, 0.1) is 13.1 Å². The second-order valence-electron chi connectivity index (χ2n) is 6.77. The van der Waals surface area contributed by atoms with Gasteiger partial charge in [0.15, 0.2) is 0 Å². The van der Waals surface area contributed by atoms with Crippen LogP contribution in [0.15, 0.2) is 61.2 Å². The summed E-state index contributed by atoms with van der Waals surface area (Å²) in [7, 11) is 0. The average Bonchev–Trinajstić information content (AvgIpc) is 3.10. The highest BCUT2D eigenvalue weighted by Gasteiger charge is 2.20. The molecule has 1 aromatic carbocycles. The number of pyridine rings is 1. The van der Waals surface area contributed by atoms with Crippen molar-refractivity contribution >= 4 is 5.91 Å². The third-order valence-electron chi connectivity index (χ3n) is 4.36. The van der Waals surface area contributed by atoms with Crippen molar-refractivity contribution in [1.29, 1.82) is 0 Å². The fraction of sp³-hybridized carbons (Fsp3) is 0.286. The number of halogens is 1. The summed E-state index contributed by atoms with van der Waals surface area (Å²) in [5.74, 6) is 0.402. The van der Waals surface area contributed by atoms with Gasteiger partial charge in [-0.2, -0.15) is 0 Å². The Morgan fingerprint density at radius 3 is 2.56 bits per heavy atom. The zero-order valence-corrected chi connectivity index (χ0v) is 15.5. The van der Waals surface area contributed by atoms with Gasteiger partial charge < -0.3 is 9.47 Å². The molecule has 0 spiro atoms. The normalized spacial score (nSPS) is 11.0. The monoisotopic (exact) mass is 366 g/mol. The number of benzene rings is 1. The fourth-order valence-electron chi connectivity index (χ4n) is 2.90. The molecule has 0 bridgehead atoms. The fourth-order valence-corrected chi connectivity index (χ4v) is 2.90. The number of hydrogen-bond acceptors (Lipinski definition) is 3. The lowest BCUT2D eigenvalue weighted by Gasteiger charge is -2.25. The first-order valence-corrected chi connectivity index (χ1v) is 8.95. The Hall–Kier alpha value is -3.02. The van der Waals surface area contributed by atoms with Crippen LogP contribution in [0.4, 0.5) is 4.39 Å². The number of hydrogen-bond donors (Lipinski definition) is 0. The topological polar surface area (TPSA) is 51.0 Å². The molecule has 5 nitrogen and oxygen atoms in total. The number of amides is 1. The molecule has 0 atom stereocenters. The second kappa shape index (κ2) is 8.58. The molecule has 0 fully saturated rings. The van der Waals surface area contributed by atoms with Gasteiger partial charge in [0.25, 0.3) is 0 Å². The SMILES string of the molecule is CC(C)C(=O)N(Cc1ccncc1)Cc1nccn1Cc1ccccc1F. The molecule has 2 aromatic heterocycles. The number of rotatable bonds is 7. The molecule has 6 heteroatoms. The van der Waals surface area contributed by atoms with Gasteiger partial charge in [-0.05, 0) is 23.8 Å². The van der Waals surface area contributed by atoms with E-state index in [1.54, 1.807) is 35.6 Å². The van der Waals surface area contributed by atoms with Crippen molar-refractivity contribution < 1.29 is 9.18 Å². The van der Waals surface area contributed by atoms with Gasteiger partial charge in [-0.25, -0.2) is 9.37 Å². The van der Waals surface area contributed by atoms with Crippen LogP contribution in [-0.2, 0) is 24.4 Å². The van der Waals surface area contributed by atoms with Gasteiger partial charge in [-0.15, -0.1) is 0 Å². The molecule has 0 aliphatic carbocycles. The summed E-state index contributed by atoms with van der Waals surface area (Å²) in [6.45, 7) is 4.98. The molecular formula is C21H23FN4O. The molecule has 2 heterocycles. The highest BCUT2D eigenvalue weighted by atomic mass is 19.1. The summed E-state index contributed by atoms with van der Waals surface area (Å²) >= 11 is 0. The van der Waals surface area contributed by atoms with E-state index in [2.05, 4.69) is 9.97 Å². The predicted octanol–water partition coefficient (Wildman–Crippen LogP) is 3.65. The Morgan fingerprint density at radius 1 is 1.11 bits per heavy atom. The Balaban J connectivity index is 1.81. The van der Waals surface area contributed by atoms with E-state index in [0.29, 0.717) is 25.2 Å². The second-order valence-corrected chi connectivity index (χ2v) is 6.77. The molecule has 140 valence electrons. The summed E-state index contributed by atoms with van der Waals surface area (Å²) in [5, 5.41) is 0. The van der Waals surface area contributed by atoms with Crippen LogP contribution in [0.1, 0.15) is 30.8 Å². The maximum absolute atomic E-state index is 14.0. The number of imidazole rings is 1. The first-order chi connectivity index (χ1) is 13.0. The van der Waals surface area contributed by atoms with E-state index in [0.717, 1.165) is 11.4 Å². The molecule has 0 aliphatic heterocycles. The molecular weight excluding hydrogens is 343 g/mol. The van der Waals surface area contributed by atoms with Gasteiger partial charge in [0, 0.05) is 42.8 Å². The molecule has 0 N–H and O–H groups in total. The molecule has 0 aliphatic rings. The quantitative estimate of drug-likeness (QED) is 0.641. The van der Waals surface area contributed by atoms with Gasteiger partial charge in [0.1, 0.15) is 11.6 Å². The summed E-state index contributed by atoms with van der Waals surface area (Å²) in [6.07, 6.45) is 6.92. The summed E-state index contributed by atoms with van der Waals surface area (Å²) in [5.41, 5.74) is 1.60. The molecule has 1 amide bonds. The molecule has 0 saturated heterocycles. The van der Waals surface area contributed by atoms with Crippen molar-refractivity contribution in [2.45, 2.75) is 33.5 Å². The van der Waals surface area contributed by atoms with Crippen molar-refractivity contribution in [3.8, 4) is 0 Å². The highest BCUT2D eigenvalue weighted by Crippen LogP contribution is 2.15. The minimum absolute atomic E-state index is 0.0484. The van der Waals surface area contributed by atoms with Crippen LogP contribution < -0.4 is 0 Å². The summed E-state index contributed by atoms with van der Waals surface area (Å²) in [4.78, 5) is 22.9. The largest absolute Gasteiger partial charge is 0.331 e. The van der Waals surface area contributed by atoms with Crippen LogP contribution in [0.2, 0.25) is 0 Å². The number of aromatic nitrogens is 3. The Bertz CT molecular complexity index is 892. The minimum Gasteiger partial charge on any atom is -0.331 e. The van der Waals surface area contributed by atoms with Crippen molar-refractivity contribution in [3.63, 3.8) is 0 Å². The first-order valence-electron chi connectivity index (χ1n) is 8.95. The first kappa shape index (κ1) is 18.8. The molecule has 27 heavy (non-hydrogen) atoms. The highest BCUT2D eigenvalue weighted by molar-refractivity contribution is 5.78. The standard InChI is InChI=1S/C21H23FN4O/c1-16(2)21(27)26(13-17-7-9-23-10-8-17)15-20-24-11-12-25(20)14-18-5-3-4-6-19(18)22/h3-12,16H,13-15H2,1-2H3. The van der Waals surface area contributed by atoms with Crippen LogP contribution in [0.5, 0.6) is 0 Å². The van der Waals surface area contributed by atoms with Crippen LogP contribution in [0, 0.1) is 11.7 Å². The lowest BCUT2D eigenvalue weighted by Crippen LogP contribution is -2.34. The van der Waals surface area contributed by atoms with Crippen LogP contribution >= 0.6 is 0 Å². The maximum Gasteiger partial charge on any atom is 0.225 e.